The maximum absolute atomic E-state index is 12.1. The summed E-state index contributed by atoms with van der Waals surface area (Å²) in [5, 5.41) is 1.12. The van der Waals surface area contributed by atoms with Crippen molar-refractivity contribution in [2.45, 2.75) is 46.3 Å². The molecule has 1 rings (SSSR count). The van der Waals surface area contributed by atoms with E-state index < -0.39 is 14.3 Å². The molecule has 8 heteroatoms. The van der Waals surface area contributed by atoms with Crippen LogP contribution in [-0.2, 0) is 20.7 Å². The molecular weight excluding hydrogens is 392 g/mol. The van der Waals surface area contributed by atoms with Gasteiger partial charge in [-0.15, -0.1) is 0 Å². The number of benzene rings is 1. The Morgan fingerprint density at radius 2 is 1.61 bits per heavy atom. The maximum Gasteiger partial charge on any atom is 0.364 e. The van der Waals surface area contributed by atoms with Crippen LogP contribution in [0.5, 0.6) is 17.2 Å². The van der Waals surface area contributed by atoms with Crippen molar-refractivity contribution in [3.05, 3.63) is 17.2 Å². The first-order valence-electron chi connectivity index (χ1n) is 9.44. The molecule has 0 saturated heterocycles. The molecule has 1 aromatic carbocycles. The van der Waals surface area contributed by atoms with Gasteiger partial charge in [0.25, 0.3) is 0 Å². The Hall–Kier alpha value is -1.78. The molecule has 0 heterocycles. The average molecular weight is 427 g/mol. The Morgan fingerprint density at radius 1 is 1.04 bits per heavy atom. The van der Waals surface area contributed by atoms with Gasteiger partial charge in [-0.25, -0.2) is 9.37 Å². The monoisotopic (exact) mass is 426 g/mol. The Kier molecular flexibility index (Phi) is 9.26. The summed E-state index contributed by atoms with van der Waals surface area (Å²) in [6, 6.07) is 0. The van der Waals surface area contributed by atoms with E-state index in [1.165, 1.54) is 6.08 Å². The van der Waals surface area contributed by atoms with Crippen LogP contribution < -0.4 is 19.4 Å². The maximum atomic E-state index is 12.1. The minimum absolute atomic E-state index is 0.537. The molecule has 0 atom stereocenters. The van der Waals surface area contributed by atoms with E-state index in [1.54, 1.807) is 27.4 Å². The van der Waals surface area contributed by atoms with Crippen molar-refractivity contribution in [1.82, 2.24) is 0 Å². The largest absolute Gasteiger partial charge is 0.492 e. The predicted molar refractivity (Wildman–Crippen MR) is 118 cm³/mol. The minimum atomic E-state index is -1.95. The number of ether oxygens (including phenoxy) is 3. The lowest BCUT2D eigenvalue weighted by atomic mass is 9.98. The number of hydrogen-bond donors (Lipinski definition) is 0. The Morgan fingerprint density at radius 3 is 2.07 bits per heavy atom. The standard InChI is InChI=1S/C20H34O6Si2/c1-13(2)9-10-14-17(22-3)19(24-5)18(23-4)15(20(14)27)11-12-16(21)25-26-28(6,7)8/h11-13H,9-10H2,1-8,27H3. The second kappa shape index (κ2) is 10.7. The first-order chi connectivity index (χ1) is 13.1. The molecule has 0 aliphatic carbocycles. The number of methoxy groups -OCH3 is 3. The molecule has 0 aromatic heterocycles. The normalized spacial score (nSPS) is 11.9. The van der Waals surface area contributed by atoms with Crippen molar-refractivity contribution in [2.75, 3.05) is 21.3 Å². The fourth-order valence-electron chi connectivity index (χ4n) is 2.75. The van der Waals surface area contributed by atoms with Crippen LogP contribution >= 0.6 is 0 Å². The minimum Gasteiger partial charge on any atom is -0.492 e. The lowest BCUT2D eigenvalue weighted by Gasteiger charge is -2.22. The molecule has 0 radical (unpaired) electrons. The summed E-state index contributed by atoms with van der Waals surface area (Å²) in [4.78, 5) is 17.0. The lowest BCUT2D eigenvalue weighted by Crippen LogP contribution is -2.26. The summed E-state index contributed by atoms with van der Waals surface area (Å²) in [7, 11) is 3.61. The first-order valence-corrected chi connectivity index (χ1v) is 13.9. The lowest BCUT2D eigenvalue weighted by molar-refractivity contribution is -0.213. The highest BCUT2D eigenvalue weighted by molar-refractivity contribution is 6.69. The molecule has 0 aliphatic rings. The molecule has 0 aliphatic heterocycles. The molecule has 6 nitrogen and oxygen atoms in total. The van der Waals surface area contributed by atoms with Crippen LogP contribution in [0, 0.1) is 5.92 Å². The molecule has 0 bridgehead atoms. The molecule has 158 valence electrons. The number of carbonyl (C=O) groups is 1. The van der Waals surface area contributed by atoms with Gasteiger partial charge < -0.3 is 19.1 Å². The Labute approximate surface area is 172 Å². The van der Waals surface area contributed by atoms with Crippen LogP contribution in [-0.4, -0.2) is 45.9 Å². The molecule has 0 saturated carbocycles. The van der Waals surface area contributed by atoms with Crippen molar-refractivity contribution >= 4 is 35.8 Å². The SMILES string of the molecule is COc1c(C=CC(=O)OO[Si](C)(C)C)c([SiH3])c(CCC(C)C)c(OC)c1OC. The number of carbonyl (C=O) groups excluding carboxylic acids is 1. The third-order valence-corrected chi connectivity index (χ3v) is 5.86. The molecule has 0 amide bonds. The zero-order valence-corrected chi connectivity index (χ0v) is 21.6. The van der Waals surface area contributed by atoms with Crippen LogP contribution in [0.2, 0.25) is 19.6 Å². The third kappa shape index (κ3) is 6.68. The van der Waals surface area contributed by atoms with E-state index in [2.05, 4.69) is 13.8 Å². The van der Waals surface area contributed by atoms with Gasteiger partial charge in [0, 0.05) is 21.9 Å². The summed E-state index contributed by atoms with van der Waals surface area (Å²) >= 11 is 0. The Bertz CT molecular complexity index is 708. The summed E-state index contributed by atoms with van der Waals surface area (Å²) in [6.45, 7) is 10.2. The molecule has 0 spiro atoms. The van der Waals surface area contributed by atoms with E-state index in [0.717, 1.165) is 39.4 Å². The fraction of sp³-hybridized carbons (Fsp3) is 0.550. The number of hydrogen-bond acceptors (Lipinski definition) is 6. The quantitative estimate of drug-likeness (QED) is 0.248. The molecule has 0 unspecified atom stereocenters. The van der Waals surface area contributed by atoms with Gasteiger partial charge in [0.1, 0.15) is 0 Å². The van der Waals surface area contributed by atoms with Crippen molar-refractivity contribution in [1.29, 1.82) is 0 Å². The molecule has 0 fully saturated rings. The molecule has 1 aromatic rings. The topological polar surface area (TPSA) is 63.2 Å². The van der Waals surface area contributed by atoms with Crippen LogP contribution in [0.15, 0.2) is 6.08 Å². The highest BCUT2D eigenvalue weighted by Crippen LogP contribution is 2.42. The summed E-state index contributed by atoms with van der Waals surface area (Å²) in [6.07, 6.45) is 4.95. The highest BCUT2D eigenvalue weighted by Gasteiger charge is 2.23. The van der Waals surface area contributed by atoms with Gasteiger partial charge in [-0.2, -0.15) is 0 Å². The number of rotatable bonds is 10. The van der Waals surface area contributed by atoms with Crippen molar-refractivity contribution < 1.29 is 28.5 Å². The van der Waals surface area contributed by atoms with Gasteiger partial charge in [0.15, 0.2) is 11.5 Å². The molecular formula is C20H34O6Si2. The average Bonchev–Trinajstić information content (AvgIpc) is 2.62. The highest BCUT2D eigenvalue weighted by atomic mass is 28.4. The van der Waals surface area contributed by atoms with Crippen LogP contribution in [0.25, 0.3) is 6.08 Å². The fourth-order valence-corrected chi connectivity index (χ4v) is 3.95. The Balaban J connectivity index is 3.37. The van der Waals surface area contributed by atoms with Crippen LogP contribution in [0.3, 0.4) is 0 Å². The van der Waals surface area contributed by atoms with Gasteiger partial charge in [-0.1, -0.05) is 19.0 Å². The second-order valence-corrected chi connectivity index (χ2v) is 13.4. The van der Waals surface area contributed by atoms with Crippen molar-refractivity contribution in [3.8, 4) is 17.2 Å². The van der Waals surface area contributed by atoms with E-state index >= 15 is 0 Å². The zero-order valence-electron chi connectivity index (χ0n) is 18.6. The van der Waals surface area contributed by atoms with Crippen LogP contribution in [0.4, 0.5) is 0 Å². The van der Waals surface area contributed by atoms with E-state index in [4.69, 9.17) is 23.7 Å². The van der Waals surface area contributed by atoms with Gasteiger partial charge in [0.05, 0.1) is 21.3 Å². The molecule has 28 heavy (non-hydrogen) atoms. The van der Waals surface area contributed by atoms with E-state index in [1.807, 2.05) is 19.6 Å². The van der Waals surface area contributed by atoms with Crippen molar-refractivity contribution in [3.63, 3.8) is 0 Å². The van der Waals surface area contributed by atoms with Gasteiger partial charge in [-0.3, -0.25) is 0 Å². The van der Waals surface area contributed by atoms with E-state index in [-0.39, 0.29) is 0 Å². The summed E-state index contributed by atoms with van der Waals surface area (Å²) in [5.74, 6) is 1.80. The smallest absolute Gasteiger partial charge is 0.364 e. The van der Waals surface area contributed by atoms with Gasteiger partial charge in [-0.05, 0) is 50.0 Å². The predicted octanol–water partition coefficient (Wildman–Crippen LogP) is 2.61. The summed E-state index contributed by atoms with van der Waals surface area (Å²) < 4.78 is 22.1. The van der Waals surface area contributed by atoms with Gasteiger partial charge in [0.2, 0.25) is 14.1 Å². The second-order valence-electron chi connectivity index (χ2n) is 7.98. The first kappa shape index (κ1) is 24.3. The zero-order chi connectivity index (χ0) is 21.5. The molecule has 0 N–H and O–H groups in total. The third-order valence-electron chi connectivity index (χ3n) is 4.13. The summed E-state index contributed by atoms with van der Waals surface area (Å²) in [5.41, 5.74) is 1.92. The van der Waals surface area contributed by atoms with E-state index in [0.29, 0.717) is 23.2 Å². The van der Waals surface area contributed by atoms with Crippen molar-refractivity contribution in [2.24, 2.45) is 5.92 Å². The van der Waals surface area contributed by atoms with Crippen LogP contribution in [0.1, 0.15) is 31.4 Å². The van der Waals surface area contributed by atoms with Gasteiger partial charge >= 0.3 is 5.97 Å². The van der Waals surface area contributed by atoms with E-state index in [9.17, 15) is 4.79 Å².